The van der Waals surface area contributed by atoms with Crippen molar-refractivity contribution in [1.29, 1.82) is 0 Å². The molecule has 0 aliphatic heterocycles. The van der Waals surface area contributed by atoms with Crippen LogP contribution in [0.5, 0.6) is 0 Å². The van der Waals surface area contributed by atoms with Crippen LogP contribution in [-0.2, 0) is 0 Å². The molecule has 3 heteroatoms. The normalized spacial score (nSPS) is 12.7. The number of thioether (sulfide) groups is 1. The van der Waals surface area contributed by atoms with Gasteiger partial charge in [0.05, 0.1) is 0 Å². The van der Waals surface area contributed by atoms with Gasteiger partial charge in [-0.05, 0) is 31.7 Å². The molecule has 0 amide bonds. The average molecular weight is 238 g/mol. The van der Waals surface area contributed by atoms with E-state index >= 15 is 0 Å². The van der Waals surface area contributed by atoms with Gasteiger partial charge in [0.25, 0.3) is 0 Å². The van der Waals surface area contributed by atoms with Crippen LogP contribution < -0.4 is 5.32 Å². The molecule has 0 radical (unpaired) electrons. The molecule has 1 unspecified atom stereocenters. The van der Waals surface area contributed by atoms with Gasteiger partial charge in [0.2, 0.25) is 0 Å². The fourth-order valence-electron chi connectivity index (χ4n) is 1.58. The molecule has 16 heavy (non-hydrogen) atoms. The van der Waals surface area contributed by atoms with Crippen LogP contribution in [0, 0.1) is 0 Å². The van der Waals surface area contributed by atoms with Gasteiger partial charge in [-0.15, -0.1) is 11.8 Å². The molecule has 1 atom stereocenters. The van der Waals surface area contributed by atoms with Crippen molar-refractivity contribution in [2.75, 3.05) is 12.3 Å². The largest absolute Gasteiger partial charge is 0.310 e. The van der Waals surface area contributed by atoms with Crippen molar-refractivity contribution in [2.45, 2.75) is 44.7 Å². The van der Waals surface area contributed by atoms with Gasteiger partial charge in [-0.2, -0.15) is 0 Å². The zero-order chi connectivity index (χ0) is 11.8. The maximum Gasteiger partial charge on any atom is 0.101 e. The van der Waals surface area contributed by atoms with Crippen molar-refractivity contribution in [1.82, 2.24) is 10.3 Å². The summed E-state index contributed by atoms with van der Waals surface area (Å²) in [6, 6.07) is 4.59. The van der Waals surface area contributed by atoms with Crippen LogP contribution in [0.4, 0.5) is 0 Å². The molecule has 0 aliphatic carbocycles. The van der Waals surface area contributed by atoms with Crippen molar-refractivity contribution >= 4 is 11.8 Å². The highest BCUT2D eigenvalue weighted by Gasteiger charge is 2.10. The van der Waals surface area contributed by atoms with Gasteiger partial charge in [-0.3, -0.25) is 0 Å². The van der Waals surface area contributed by atoms with Crippen molar-refractivity contribution < 1.29 is 0 Å². The first kappa shape index (κ1) is 13.5. The molecule has 1 heterocycles. The standard InChI is InChI=1S/C13H22N2S/c1-4-6-10-16-13-12(8-7-9-15-13)11(3)14-5-2/h7-9,11,14H,4-6,10H2,1-3H3. The molecule has 0 aliphatic rings. The predicted molar refractivity (Wildman–Crippen MR) is 72.0 cm³/mol. The summed E-state index contributed by atoms with van der Waals surface area (Å²) in [6.45, 7) is 7.55. The van der Waals surface area contributed by atoms with Gasteiger partial charge >= 0.3 is 0 Å². The first-order chi connectivity index (χ1) is 7.79. The number of nitrogens with zero attached hydrogens (tertiary/aromatic N) is 1. The van der Waals surface area contributed by atoms with Crippen molar-refractivity contribution in [3.8, 4) is 0 Å². The number of pyridine rings is 1. The molecule has 0 fully saturated rings. The van der Waals surface area contributed by atoms with Gasteiger partial charge in [0.15, 0.2) is 0 Å². The minimum absolute atomic E-state index is 0.392. The molecule has 2 nitrogen and oxygen atoms in total. The summed E-state index contributed by atoms with van der Waals surface area (Å²) in [7, 11) is 0. The molecule has 0 bridgehead atoms. The second kappa shape index (κ2) is 7.69. The first-order valence-electron chi connectivity index (χ1n) is 6.10. The Labute approximate surface area is 103 Å². The zero-order valence-corrected chi connectivity index (χ0v) is 11.3. The summed E-state index contributed by atoms with van der Waals surface area (Å²) in [5.41, 5.74) is 1.32. The smallest absolute Gasteiger partial charge is 0.101 e. The summed E-state index contributed by atoms with van der Waals surface area (Å²) in [6.07, 6.45) is 4.39. The van der Waals surface area contributed by atoms with Gasteiger partial charge in [0, 0.05) is 17.8 Å². The fraction of sp³-hybridized carbons (Fsp3) is 0.615. The Bertz CT molecular complexity index is 302. The third kappa shape index (κ3) is 4.14. The summed E-state index contributed by atoms with van der Waals surface area (Å²) in [4.78, 5) is 4.48. The summed E-state index contributed by atoms with van der Waals surface area (Å²) < 4.78 is 0. The van der Waals surface area contributed by atoms with Crippen LogP contribution in [0.3, 0.4) is 0 Å². The minimum atomic E-state index is 0.392. The number of hydrogen-bond acceptors (Lipinski definition) is 3. The number of unbranched alkanes of at least 4 members (excludes halogenated alkanes) is 1. The van der Waals surface area contributed by atoms with Crippen molar-refractivity contribution in [3.05, 3.63) is 23.9 Å². The Morgan fingerprint density at radius 2 is 2.25 bits per heavy atom. The van der Waals surface area contributed by atoms with Gasteiger partial charge in [0.1, 0.15) is 5.03 Å². The molecule has 0 aromatic carbocycles. The predicted octanol–water partition coefficient (Wildman–Crippen LogP) is 3.64. The average Bonchev–Trinajstić information content (AvgIpc) is 2.30. The van der Waals surface area contributed by atoms with Crippen molar-refractivity contribution in [3.63, 3.8) is 0 Å². The third-order valence-electron chi connectivity index (χ3n) is 2.51. The Hall–Kier alpha value is -0.540. The second-order valence-corrected chi connectivity index (χ2v) is 4.96. The highest BCUT2D eigenvalue weighted by molar-refractivity contribution is 7.99. The molecule has 1 rings (SSSR count). The minimum Gasteiger partial charge on any atom is -0.310 e. The lowest BCUT2D eigenvalue weighted by Gasteiger charge is -2.15. The molecule has 1 aromatic rings. The van der Waals surface area contributed by atoms with Gasteiger partial charge < -0.3 is 5.32 Å². The van der Waals surface area contributed by atoms with Crippen LogP contribution in [0.15, 0.2) is 23.4 Å². The molecule has 1 N–H and O–H groups in total. The number of nitrogens with one attached hydrogen (secondary N) is 1. The van der Waals surface area contributed by atoms with E-state index in [0.29, 0.717) is 6.04 Å². The summed E-state index contributed by atoms with van der Waals surface area (Å²) in [5, 5.41) is 4.62. The molecule has 0 spiro atoms. The van der Waals surface area contributed by atoms with Crippen LogP contribution in [0.25, 0.3) is 0 Å². The Morgan fingerprint density at radius 1 is 1.44 bits per heavy atom. The Kier molecular flexibility index (Phi) is 6.50. The lowest BCUT2D eigenvalue weighted by molar-refractivity contribution is 0.585. The topological polar surface area (TPSA) is 24.9 Å². The Morgan fingerprint density at radius 3 is 2.94 bits per heavy atom. The lowest BCUT2D eigenvalue weighted by atomic mass is 10.1. The van der Waals surface area contributed by atoms with E-state index in [4.69, 9.17) is 0 Å². The van der Waals surface area contributed by atoms with Gasteiger partial charge in [-0.1, -0.05) is 26.3 Å². The number of rotatable bonds is 7. The SMILES string of the molecule is CCCCSc1ncccc1C(C)NCC. The molecule has 0 saturated heterocycles. The highest BCUT2D eigenvalue weighted by atomic mass is 32.2. The maximum atomic E-state index is 4.48. The van der Waals surface area contributed by atoms with Crippen LogP contribution in [-0.4, -0.2) is 17.3 Å². The quantitative estimate of drug-likeness (QED) is 0.580. The van der Waals surface area contributed by atoms with E-state index in [2.05, 4.69) is 37.1 Å². The zero-order valence-electron chi connectivity index (χ0n) is 10.5. The summed E-state index contributed by atoms with van der Waals surface area (Å²) in [5.74, 6) is 1.17. The third-order valence-corrected chi connectivity index (χ3v) is 3.62. The first-order valence-corrected chi connectivity index (χ1v) is 7.09. The van der Waals surface area contributed by atoms with E-state index < -0.39 is 0 Å². The molecule has 90 valence electrons. The van der Waals surface area contributed by atoms with Crippen LogP contribution in [0.2, 0.25) is 0 Å². The Balaban J connectivity index is 2.67. The van der Waals surface area contributed by atoms with E-state index in [9.17, 15) is 0 Å². The highest BCUT2D eigenvalue weighted by Crippen LogP contribution is 2.25. The molecule has 0 saturated carbocycles. The van der Waals surface area contributed by atoms with E-state index in [1.807, 2.05) is 24.0 Å². The number of aromatic nitrogens is 1. The van der Waals surface area contributed by atoms with Gasteiger partial charge in [-0.25, -0.2) is 4.98 Å². The lowest BCUT2D eigenvalue weighted by Crippen LogP contribution is -2.18. The van der Waals surface area contributed by atoms with E-state index in [0.717, 1.165) is 6.54 Å². The van der Waals surface area contributed by atoms with E-state index in [1.165, 1.54) is 29.2 Å². The molecular weight excluding hydrogens is 216 g/mol. The second-order valence-electron chi connectivity index (χ2n) is 3.88. The van der Waals surface area contributed by atoms with Crippen molar-refractivity contribution in [2.24, 2.45) is 0 Å². The van der Waals surface area contributed by atoms with Crippen LogP contribution in [0.1, 0.15) is 45.2 Å². The number of hydrogen-bond donors (Lipinski definition) is 1. The van der Waals surface area contributed by atoms with Crippen LogP contribution >= 0.6 is 11.8 Å². The molecule has 1 aromatic heterocycles. The maximum absolute atomic E-state index is 4.48. The summed E-state index contributed by atoms with van der Waals surface area (Å²) >= 11 is 1.87. The molecular formula is C13H22N2S. The van der Waals surface area contributed by atoms with E-state index in [-0.39, 0.29) is 0 Å². The monoisotopic (exact) mass is 238 g/mol. The van der Waals surface area contributed by atoms with E-state index in [1.54, 1.807) is 0 Å². The fourth-order valence-corrected chi connectivity index (χ4v) is 2.76.